The lowest BCUT2D eigenvalue weighted by molar-refractivity contribution is 0.661. The molecule has 0 saturated heterocycles. The van der Waals surface area contributed by atoms with E-state index in [1.807, 2.05) is 0 Å². The molecule has 2 nitrogen and oxygen atoms in total. The fourth-order valence-electron chi connectivity index (χ4n) is 7.40. The van der Waals surface area contributed by atoms with Gasteiger partial charge in [0.05, 0.1) is 0 Å². The molecular formula is C47H42N2. The largest absolute Gasteiger partial charge is 0.310 e. The maximum atomic E-state index is 2.44. The van der Waals surface area contributed by atoms with E-state index >= 15 is 0 Å². The van der Waals surface area contributed by atoms with Crippen molar-refractivity contribution in [1.29, 1.82) is 0 Å². The molecule has 1 aliphatic carbocycles. The molecule has 7 aromatic rings. The van der Waals surface area contributed by atoms with E-state index in [4.69, 9.17) is 0 Å². The molecule has 1 aliphatic rings. The highest BCUT2D eigenvalue weighted by atomic mass is 15.1. The van der Waals surface area contributed by atoms with Crippen molar-refractivity contribution >= 4 is 44.9 Å². The van der Waals surface area contributed by atoms with Crippen LogP contribution in [0, 0.1) is 27.7 Å². The molecule has 0 amide bonds. The highest BCUT2D eigenvalue weighted by molar-refractivity contribution is 5.97. The number of rotatable bonds is 6. The van der Waals surface area contributed by atoms with Crippen molar-refractivity contribution in [2.45, 2.75) is 47.0 Å². The fourth-order valence-corrected chi connectivity index (χ4v) is 7.40. The number of nitrogens with zero attached hydrogens (tertiary/aromatic N) is 2. The van der Waals surface area contributed by atoms with Crippen LogP contribution in [0.1, 0.15) is 47.2 Å². The van der Waals surface area contributed by atoms with E-state index < -0.39 is 0 Å². The van der Waals surface area contributed by atoms with E-state index in [1.165, 1.54) is 61.0 Å². The number of aryl methyl sites for hydroxylation is 4. The molecule has 0 spiro atoms. The van der Waals surface area contributed by atoms with E-state index in [2.05, 4.69) is 197 Å². The molecule has 2 heteroatoms. The first-order chi connectivity index (χ1) is 23.7. The Balaban J connectivity index is 1.23. The minimum absolute atomic E-state index is 0.162. The average molecular weight is 635 g/mol. The van der Waals surface area contributed by atoms with E-state index in [-0.39, 0.29) is 5.41 Å². The second kappa shape index (κ2) is 11.8. The lowest BCUT2D eigenvalue weighted by Gasteiger charge is -2.28. The predicted molar refractivity (Wildman–Crippen MR) is 210 cm³/mol. The van der Waals surface area contributed by atoms with Gasteiger partial charge in [-0.05, 0) is 146 Å². The number of hydrogen-bond acceptors (Lipinski definition) is 2. The van der Waals surface area contributed by atoms with Gasteiger partial charge in [0.1, 0.15) is 0 Å². The summed E-state index contributed by atoms with van der Waals surface area (Å²) < 4.78 is 0. The molecule has 240 valence electrons. The summed E-state index contributed by atoms with van der Waals surface area (Å²) in [6, 6.07) is 54.1. The predicted octanol–water partition coefficient (Wildman–Crippen LogP) is 13.3. The topological polar surface area (TPSA) is 6.48 Å². The first-order valence-corrected chi connectivity index (χ1v) is 17.3. The molecule has 0 aliphatic heterocycles. The van der Waals surface area contributed by atoms with Gasteiger partial charge >= 0.3 is 0 Å². The van der Waals surface area contributed by atoms with Crippen molar-refractivity contribution in [2.24, 2.45) is 0 Å². The Morgan fingerprint density at radius 1 is 0.327 bits per heavy atom. The van der Waals surface area contributed by atoms with Crippen LogP contribution in [0.4, 0.5) is 34.1 Å². The Bertz CT molecular complexity index is 2220. The molecule has 0 atom stereocenters. The van der Waals surface area contributed by atoms with Gasteiger partial charge in [0, 0.05) is 39.5 Å². The fraction of sp³-hybridized carbons (Fsp3) is 0.149. The molecule has 0 N–H and O–H groups in total. The van der Waals surface area contributed by atoms with Crippen LogP contribution in [0.3, 0.4) is 0 Å². The summed E-state index contributed by atoms with van der Waals surface area (Å²) in [7, 11) is 0. The van der Waals surface area contributed by atoms with Crippen LogP contribution < -0.4 is 9.80 Å². The molecule has 49 heavy (non-hydrogen) atoms. The highest BCUT2D eigenvalue weighted by Crippen LogP contribution is 2.52. The minimum Gasteiger partial charge on any atom is -0.310 e. The SMILES string of the molecule is Cc1ccc(N(c2ccc(C)cc2)c2ccc3c(c2)C(C)(C)c2cc4cc(N(c5ccc(C)cc5)c5ccc(C)cc5)ccc4cc2-3)cc1. The maximum absolute atomic E-state index is 2.44. The third-order valence-corrected chi connectivity index (χ3v) is 10.3. The molecule has 0 bridgehead atoms. The molecule has 0 unspecified atom stereocenters. The van der Waals surface area contributed by atoms with Crippen molar-refractivity contribution in [2.75, 3.05) is 9.80 Å². The van der Waals surface area contributed by atoms with E-state index in [0.717, 1.165) is 28.4 Å². The lowest BCUT2D eigenvalue weighted by atomic mass is 9.81. The minimum atomic E-state index is -0.162. The van der Waals surface area contributed by atoms with Crippen LogP contribution in [-0.4, -0.2) is 0 Å². The normalized spacial score (nSPS) is 12.9. The van der Waals surface area contributed by atoms with Crippen LogP contribution in [0.5, 0.6) is 0 Å². The van der Waals surface area contributed by atoms with Gasteiger partial charge in [-0.15, -0.1) is 0 Å². The molecule has 8 rings (SSSR count). The van der Waals surface area contributed by atoms with Crippen molar-refractivity contribution in [3.63, 3.8) is 0 Å². The van der Waals surface area contributed by atoms with E-state index in [1.54, 1.807) is 0 Å². The summed E-state index contributed by atoms with van der Waals surface area (Å²) in [5.41, 5.74) is 17.2. The third kappa shape index (κ3) is 5.48. The third-order valence-electron chi connectivity index (χ3n) is 10.3. The van der Waals surface area contributed by atoms with Gasteiger partial charge < -0.3 is 9.80 Å². The Morgan fingerprint density at radius 3 is 1.14 bits per heavy atom. The second-order valence-corrected chi connectivity index (χ2v) is 14.3. The number of hydrogen-bond donors (Lipinski definition) is 0. The number of anilines is 6. The van der Waals surface area contributed by atoms with Crippen molar-refractivity contribution < 1.29 is 0 Å². The first-order valence-electron chi connectivity index (χ1n) is 17.3. The lowest BCUT2D eigenvalue weighted by Crippen LogP contribution is -2.16. The van der Waals surface area contributed by atoms with Crippen molar-refractivity contribution in [3.05, 3.63) is 179 Å². The molecule has 0 heterocycles. The van der Waals surface area contributed by atoms with Gasteiger partial charge in [0.2, 0.25) is 0 Å². The molecule has 0 aromatic heterocycles. The average Bonchev–Trinajstić information content (AvgIpc) is 3.32. The van der Waals surface area contributed by atoms with Gasteiger partial charge in [0.25, 0.3) is 0 Å². The zero-order chi connectivity index (χ0) is 33.9. The van der Waals surface area contributed by atoms with Crippen molar-refractivity contribution in [3.8, 4) is 11.1 Å². The summed E-state index contributed by atoms with van der Waals surface area (Å²) in [4.78, 5) is 4.74. The second-order valence-electron chi connectivity index (χ2n) is 14.3. The smallest absolute Gasteiger partial charge is 0.0468 e. The van der Waals surface area contributed by atoms with Crippen LogP contribution in [-0.2, 0) is 5.41 Å². The first kappa shape index (κ1) is 30.7. The van der Waals surface area contributed by atoms with Gasteiger partial charge in [-0.3, -0.25) is 0 Å². The van der Waals surface area contributed by atoms with Crippen LogP contribution in [0.15, 0.2) is 146 Å². The number of fused-ring (bicyclic) bond motifs is 4. The Morgan fingerprint density at radius 2 is 0.694 bits per heavy atom. The zero-order valence-corrected chi connectivity index (χ0v) is 29.3. The zero-order valence-electron chi connectivity index (χ0n) is 29.3. The molecule has 7 aromatic carbocycles. The quantitative estimate of drug-likeness (QED) is 0.180. The van der Waals surface area contributed by atoms with Crippen molar-refractivity contribution in [1.82, 2.24) is 0 Å². The Kier molecular flexibility index (Phi) is 7.41. The van der Waals surface area contributed by atoms with Gasteiger partial charge in [-0.25, -0.2) is 0 Å². The van der Waals surface area contributed by atoms with E-state index in [0.29, 0.717) is 0 Å². The van der Waals surface area contributed by atoms with Gasteiger partial charge in [-0.1, -0.05) is 96.8 Å². The summed E-state index contributed by atoms with van der Waals surface area (Å²) in [5, 5.41) is 2.51. The summed E-state index contributed by atoms with van der Waals surface area (Å²) >= 11 is 0. The summed E-state index contributed by atoms with van der Waals surface area (Å²) in [5.74, 6) is 0. The van der Waals surface area contributed by atoms with Gasteiger partial charge in [-0.2, -0.15) is 0 Å². The van der Waals surface area contributed by atoms with E-state index in [9.17, 15) is 0 Å². The molecule has 0 radical (unpaired) electrons. The molecular weight excluding hydrogens is 593 g/mol. The van der Waals surface area contributed by atoms with Gasteiger partial charge in [0.15, 0.2) is 0 Å². The molecule has 0 fully saturated rings. The Hall–Kier alpha value is -5.60. The monoisotopic (exact) mass is 634 g/mol. The summed E-state index contributed by atoms with van der Waals surface area (Å²) in [6.07, 6.45) is 0. The van der Waals surface area contributed by atoms with Crippen LogP contribution >= 0.6 is 0 Å². The number of benzene rings is 7. The summed E-state index contributed by atoms with van der Waals surface area (Å²) in [6.45, 7) is 13.3. The van der Waals surface area contributed by atoms with Crippen LogP contribution in [0.2, 0.25) is 0 Å². The highest BCUT2D eigenvalue weighted by Gasteiger charge is 2.36. The standard InChI is InChI=1S/C47H42N2/c1-31-7-16-37(17-8-31)48(38-18-9-32(2)10-19-38)41-24-15-35-28-44-43-26-25-42(30-46(43)47(5,6)45(44)29-36(35)27-41)49(39-20-11-33(3)12-21-39)40-22-13-34(4)14-23-40/h7-30H,1-6H3. The Labute approximate surface area is 290 Å². The molecule has 0 saturated carbocycles. The van der Waals surface area contributed by atoms with Crippen LogP contribution in [0.25, 0.3) is 21.9 Å². The maximum Gasteiger partial charge on any atom is 0.0468 e.